The number of hydrogen-bond donors (Lipinski definition) is 0. The maximum absolute atomic E-state index is 8.24. The highest BCUT2D eigenvalue weighted by Gasteiger charge is 2.00. The molecule has 0 atom stereocenters. The third kappa shape index (κ3) is 0.990. The van der Waals surface area contributed by atoms with E-state index < -0.39 is 0 Å². The average molecular weight is 177 g/mol. The zero-order valence-corrected chi connectivity index (χ0v) is 6.69. The van der Waals surface area contributed by atoms with Crippen LogP contribution in [0.3, 0.4) is 0 Å². The van der Waals surface area contributed by atoms with Crippen molar-refractivity contribution in [3.63, 3.8) is 0 Å². The van der Waals surface area contributed by atoms with E-state index >= 15 is 0 Å². The first-order valence-corrected chi connectivity index (χ1v) is 3.95. The molecular weight excluding hydrogens is 174 g/mol. The monoisotopic (exact) mass is 177 g/mol. The Labute approximate surface area is 71.4 Å². The SMILES string of the molecule is [N-]=[N+]=Nc1cccc2nnsc12. The molecule has 0 aliphatic heterocycles. The summed E-state index contributed by atoms with van der Waals surface area (Å²) in [6, 6.07) is 5.35. The molecule has 1 heterocycles. The van der Waals surface area contributed by atoms with Crippen LogP contribution in [-0.4, -0.2) is 9.59 Å². The summed E-state index contributed by atoms with van der Waals surface area (Å²) in [6.45, 7) is 0. The maximum atomic E-state index is 8.24. The van der Waals surface area contributed by atoms with E-state index in [1.54, 1.807) is 12.1 Å². The van der Waals surface area contributed by atoms with Crippen LogP contribution < -0.4 is 0 Å². The molecule has 58 valence electrons. The molecule has 0 saturated carbocycles. The van der Waals surface area contributed by atoms with Crippen molar-refractivity contribution in [1.82, 2.24) is 9.59 Å². The van der Waals surface area contributed by atoms with Crippen molar-refractivity contribution in [2.45, 2.75) is 0 Å². The van der Waals surface area contributed by atoms with Crippen molar-refractivity contribution in [3.05, 3.63) is 28.6 Å². The van der Waals surface area contributed by atoms with Gasteiger partial charge < -0.3 is 0 Å². The fourth-order valence-electron chi connectivity index (χ4n) is 0.917. The molecule has 0 aliphatic rings. The quantitative estimate of drug-likeness (QED) is 0.381. The molecule has 6 heteroatoms. The molecule has 1 aromatic carbocycles. The number of rotatable bonds is 1. The van der Waals surface area contributed by atoms with Crippen molar-refractivity contribution in [2.24, 2.45) is 5.11 Å². The lowest BCUT2D eigenvalue weighted by atomic mass is 10.3. The van der Waals surface area contributed by atoms with Crippen LogP contribution in [0.25, 0.3) is 20.7 Å². The third-order valence-electron chi connectivity index (χ3n) is 1.41. The normalized spacial score (nSPS) is 9.67. The van der Waals surface area contributed by atoms with Gasteiger partial charge in [0.25, 0.3) is 0 Å². The largest absolute Gasteiger partial charge is 0.138 e. The minimum atomic E-state index is 0.588. The Morgan fingerprint density at radius 1 is 1.50 bits per heavy atom. The molecule has 2 aromatic rings. The molecule has 0 fully saturated rings. The Morgan fingerprint density at radius 2 is 2.42 bits per heavy atom. The van der Waals surface area contributed by atoms with Gasteiger partial charge in [0.15, 0.2) is 0 Å². The van der Waals surface area contributed by atoms with Gasteiger partial charge in [-0.05, 0) is 23.1 Å². The molecule has 0 radical (unpaired) electrons. The van der Waals surface area contributed by atoms with Gasteiger partial charge in [0.1, 0.15) is 5.52 Å². The van der Waals surface area contributed by atoms with Crippen molar-refractivity contribution in [2.75, 3.05) is 0 Å². The van der Waals surface area contributed by atoms with Crippen molar-refractivity contribution >= 4 is 27.4 Å². The highest BCUT2D eigenvalue weighted by Crippen LogP contribution is 2.27. The van der Waals surface area contributed by atoms with Crippen LogP contribution in [0.4, 0.5) is 5.69 Å². The fourth-order valence-corrected chi connectivity index (χ4v) is 1.53. The van der Waals surface area contributed by atoms with Gasteiger partial charge in [0.2, 0.25) is 0 Å². The lowest BCUT2D eigenvalue weighted by Gasteiger charge is -1.89. The second kappa shape index (κ2) is 2.77. The number of hydrogen-bond acceptors (Lipinski definition) is 4. The predicted molar refractivity (Wildman–Crippen MR) is 46.2 cm³/mol. The predicted octanol–water partition coefficient (Wildman–Crippen LogP) is 2.63. The first-order valence-electron chi connectivity index (χ1n) is 3.18. The molecule has 0 saturated heterocycles. The van der Waals surface area contributed by atoms with Gasteiger partial charge in [-0.15, -0.1) is 5.10 Å². The van der Waals surface area contributed by atoms with Crippen LogP contribution in [0.1, 0.15) is 0 Å². The van der Waals surface area contributed by atoms with Crippen LogP contribution in [0.5, 0.6) is 0 Å². The number of nitrogens with zero attached hydrogens (tertiary/aromatic N) is 5. The molecule has 0 N–H and O–H groups in total. The van der Waals surface area contributed by atoms with Crippen LogP contribution >= 0.6 is 11.5 Å². The summed E-state index contributed by atoms with van der Waals surface area (Å²) in [5, 5.41) is 7.36. The first-order chi connectivity index (χ1) is 5.92. The smallest absolute Gasteiger partial charge is 0.106 e. The molecule has 12 heavy (non-hydrogen) atoms. The number of azide groups is 1. The Kier molecular flexibility index (Phi) is 1.62. The zero-order valence-electron chi connectivity index (χ0n) is 5.88. The van der Waals surface area contributed by atoms with Crippen molar-refractivity contribution < 1.29 is 0 Å². The Morgan fingerprint density at radius 3 is 3.25 bits per heavy atom. The van der Waals surface area contributed by atoms with Crippen LogP contribution in [0.15, 0.2) is 23.3 Å². The molecule has 2 rings (SSSR count). The summed E-state index contributed by atoms with van der Waals surface area (Å²) >= 11 is 1.23. The van der Waals surface area contributed by atoms with Crippen LogP contribution in [0.2, 0.25) is 0 Å². The van der Waals surface area contributed by atoms with E-state index in [2.05, 4.69) is 19.6 Å². The van der Waals surface area contributed by atoms with Gasteiger partial charge in [0, 0.05) is 4.91 Å². The third-order valence-corrected chi connectivity index (χ3v) is 2.17. The van der Waals surface area contributed by atoms with Gasteiger partial charge >= 0.3 is 0 Å². The molecule has 0 amide bonds. The molecule has 0 spiro atoms. The lowest BCUT2D eigenvalue weighted by Crippen LogP contribution is -1.66. The second-order valence-electron chi connectivity index (χ2n) is 2.09. The maximum Gasteiger partial charge on any atom is 0.106 e. The van der Waals surface area contributed by atoms with Crippen molar-refractivity contribution in [1.29, 1.82) is 0 Å². The highest BCUT2D eigenvalue weighted by molar-refractivity contribution is 7.13. The molecule has 0 aliphatic carbocycles. The fraction of sp³-hybridized carbons (Fsp3) is 0. The average Bonchev–Trinajstić information content (AvgIpc) is 2.53. The highest BCUT2D eigenvalue weighted by atomic mass is 32.1. The van der Waals surface area contributed by atoms with E-state index in [1.165, 1.54) is 11.5 Å². The summed E-state index contributed by atoms with van der Waals surface area (Å²) in [5.74, 6) is 0. The molecule has 1 aromatic heterocycles. The van der Waals surface area contributed by atoms with E-state index in [4.69, 9.17) is 5.53 Å². The van der Waals surface area contributed by atoms with E-state index in [-0.39, 0.29) is 0 Å². The number of aromatic nitrogens is 2. The molecular formula is C6H3N5S. The molecule has 0 unspecified atom stereocenters. The molecule has 5 nitrogen and oxygen atoms in total. The summed E-state index contributed by atoms with van der Waals surface area (Å²) in [6.07, 6.45) is 0. The van der Waals surface area contributed by atoms with Gasteiger partial charge in [-0.2, -0.15) is 0 Å². The minimum Gasteiger partial charge on any atom is -0.138 e. The second-order valence-corrected chi connectivity index (χ2v) is 2.84. The topological polar surface area (TPSA) is 74.5 Å². The minimum absolute atomic E-state index is 0.588. The van der Waals surface area contributed by atoms with Crippen LogP contribution in [-0.2, 0) is 0 Å². The van der Waals surface area contributed by atoms with Crippen molar-refractivity contribution in [3.8, 4) is 0 Å². The zero-order chi connectivity index (χ0) is 8.39. The standard InChI is InChI=1S/C6H3N5S/c7-10-8-4-2-1-3-5-6(4)12-11-9-5/h1-3H. The molecule has 0 bridgehead atoms. The first kappa shape index (κ1) is 7.02. The summed E-state index contributed by atoms with van der Waals surface area (Å²) in [4.78, 5) is 2.71. The number of fused-ring (bicyclic) bond motifs is 1. The van der Waals surface area contributed by atoms with Crippen LogP contribution in [0, 0.1) is 0 Å². The summed E-state index contributed by atoms with van der Waals surface area (Å²) < 4.78 is 4.58. The number of benzene rings is 1. The van der Waals surface area contributed by atoms with Gasteiger partial charge in [0.05, 0.1) is 10.4 Å². The summed E-state index contributed by atoms with van der Waals surface area (Å²) in [7, 11) is 0. The Balaban J connectivity index is 2.81. The Hall–Kier alpha value is -1.65. The van der Waals surface area contributed by atoms with Gasteiger partial charge in [-0.1, -0.05) is 21.7 Å². The Bertz CT molecular complexity index is 456. The van der Waals surface area contributed by atoms with E-state index in [9.17, 15) is 0 Å². The van der Waals surface area contributed by atoms with E-state index in [0.717, 1.165) is 10.2 Å². The van der Waals surface area contributed by atoms with E-state index in [1.807, 2.05) is 6.07 Å². The van der Waals surface area contributed by atoms with Gasteiger partial charge in [-0.25, -0.2) is 0 Å². The van der Waals surface area contributed by atoms with E-state index in [0.29, 0.717) is 5.69 Å². The van der Waals surface area contributed by atoms with Gasteiger partial charge in [-0.3, -0.25) is 0 Å². The summed E-state index contributed by atoms with van der Waals surface area (Å²) in [5.41, 5.74) is 9.60. The lowest BCUT2D eigenvalue weighted by molar-refractivity contribution is 1.20.